The molecule has 0 aliphatic carbocycles. The highest BCUT2D eigenvalue weighted by molar-refractivity contribution is 5.98. The van der Waals surface area contributed by atoms with Crippen LogP contribution in [0, 0.1) is 0 Å². The molecule has 1 fully saturated rings. The van der Waals surface area contributed by atoms with Gasteiger partial charge in [0.25, 0.3) is 5.91 Å². The average Bonchev–Trinajstić information content (AvgIpc) is 2.48. The lowest BCUT2D eigenvalue weighted by Crippen LogP contribution is -2.34. The van der Waals surface area contributed by atoms with Crippen molar-refractivity contribution < 1.29 is 4.79 Å². The van der Waals surface area contributed by atoms with Gasteiger partial charge in [-0.05, 0) is 38.1 Å². The Morgan fingerprint density at radius 1 is 1.37 bits per heavy atom. The van der Waals surface area contributed by atoms with Gasteiger partial charge in [-0.15, -0.1) is 0 Å². The van der Waals surface area contributed by atoms with Crippen molar-refractivity contribution in [1.29, 1.82) is 0 Å². The van der Waals surface area contributed by atoms with Gasteiger partial charge in [-0.25, -0.2) is 4.98 Å². The third-order valence-electron chi connectivity index (χ3n) is 3.45. The normalized spacial score (nSPS) is 16.1. The predicted molar refractivity (Wildman–Crippen MR) is 76.4 cm³/mol. The van der Waals surface area contributed by atoms with Crippen LogP contribution in [0.2, 0.25) is 0 Å². The maximum Gasteiger partial charge on any atom is 0.254 e. The van der Waals surface area contributed by atoms with Crippen molar-refractivity contribution in [2.45, 2.75) is 19.3 Å². The highest BCUT2D eigenvalue weighted by Gasteiger charge is 2.12. The quantitative estimate of drug-likeness (QED) is 0.841. The fourth-order valence-corrected chi connectivity index (χ4v) is 2.38. The molecule has 5 heteroatoms. The first kappa shape index (κ1) is 13.8. The third kappa shape index (κ3) is 3.92. The fourth-order valence-electron chi connectivity index (χ4n) is 2.38. The molecular weight excluding hydrogens is 240 g/mol. The first-order valence-electron chi connectivity index (χ1n) is 6.94. The molecule has 2 rings (SSSR count). The van der Waals surface area contributed by atoms with Gasteiger partial charge >= 0.3 is 0 Å². The third-order valence-corrected chi connectivity index (χ3v) is 3.45. The van der Waals surface area contributed by atoms with Gasteiger partial charge in [-0.1, -0.05) is 6.42 Å². The molecule has 0 unspecified atom stereocenters. The van der Waals surface area contributed by atoms with E-state index in [9.17, 15) is 4.79 Å². The van der Waals surface area contributed by atoms with Gasteiger partial charge in [-0.2, -0.15) is 0 Å². The second-order valence-corrected chi connectivity index (χ2v) is 4.81. The number of nitrogens with one attached hydrogen (secondary N) is 2. The molecule has 19 heavy (non-hydrogen) atoms. The SMILES string of the molecule is CNC(=O)c1cccnc1NCCN1CCCCC1. The maximum atomic E-state index is 11.7. The van der Waals surface area contributed by atoms with Gasteiger partial charge in [0.15, 0.2) is 0 Å². The molecule has 0 radical (unpaired) electrons. The van der Waals surface area contributed by atoms with E-state index in [0.29, 0.717) is 11.4 Å². The van der Waals surface area contributed by atoms with Crippen LogP contribution in [0.25, 0.3) is 0 Å². The number of amides is 1. The lowest BCUT2D eigenvalue weighted by Gasteiger charge is -2.26. The first-order valence-corrected chi connectivity index (χ1v) is 6.94. The van der Waals surface area contributed by atoms with Crippen LogP contribution in [0.15, 0.2) is 18.3 Å². The van der Waals surface area contributed by atoms with Crippen LogP contribution in [-0.4, -0.2) is 49.0 Å². The molecule has 5 nitrogen and oxygen atoms in total. The molecule has 1 aliphatic rings. The summed E-state index contributed by atoms with van der Waals surface area (Å²) in [4.78, 5) is 18.4. The molecule has 0 aromatic carbocycles. The molecule has 104 valence electrons. The molecule has 1 aromatic heterocycles. The number of carbonyl (C=O) groups excluding carboxylic acids is 1. The summed E-state index contributed by atoms with van der Waals surface area (Å²) in [6.07, 6.45) is 5.65. The van der Waals surface area contributed by atoms with E-state index < -0.39 is 0 Å². The van der Waals surface area contributed by atoms with Crippen LogP contribution >= 0.6 is 0 Å². The number of rotatable bonds is 5. The van der Waals surface area contributed by atoms with Crippen molar-refractivity contribution in [2.24, 2.45) is 0 Å². The van der Waals surface area contributed by atoms with Crippen LogP contribution in [0.3, 0.4) is 0 Å². The van der Waals surface area contributed by atoms with Gasteiger partial charge in [0.05, 0.1) is 5.56 Å². The Morgan fingerprint density at radius 2 is 2.16 bits per heavy atom. The minimum absolute atomic E-state index is 0.103. The Kier molecular flexibility index (Phi) is 5.15. The van der Waals surface area contributed by atoms with Gasteiger partial charge < -0.3 is 15.5 Å². The number of anilines is 1. The highest BCUT2D eigenvalue weighted by Crippen LogP contribution is 2.11. The zero-order valence-electron chi connectivity index (χ0n) is 11.5. The summed E-state index contributed by atoms with van der Waals surface area (Å²) in [6, 6.07) is 3.56. The number of nitrogens with zero attached hydrogens (tertiary/aromatic N) is 2. The van der Waals surface area contributed by atoms with Crippen molar-refractivity contribution in [2.75, 3.05) is 38.5 Å². The second kappa shape index (κ2) is 7.09. The second-order valence-electron chi connectivity index (χ2n) is 4.81. The minimum Gasteiger partial charge on any atom is -0.368 e. The van der Waals surface area contributed by atoms with E-state index in [0.717, 1.165) is 13.1 Å². The molecule has 1 aromatic rings. The number of aromatic nitrogens is 1. The van der Waals surface area contributed by atoms with E-state index in [-0.39, 0.29) is 5.91 Å². The minimum atomic E-state index is -0.103. The first-order chi connectivity index (χ1) is 9.31. The molecule has 0 saturated carbocycles. The summed E-state index contributed by atoms with van der Waals surface area (Å²) in [5.74, 6) is 0.562. The molecule has 1 saturated heterocycles. The summed E-state index contributed by atoms with van der Waals surface area (Å²) in [5, 5.41) is 5.89. The van der Waals surface area contributed by atoms with E-state index in [1.54, 1.807) is 25.4 Å². The van der Waals surface area contributed by atoms with Crippen LogP contribution in [0.5, 0.6) is 0 Å². The van der Waals surface area contributed by atoms with E-state index in [1.165, 1.54) is 32.4 Å². The van der Waals surface area contributed by atoms with E-state index in [1.807, 2.05) is 0 Å². The number of hydrogen-bond donors (Lipinski definition) is 2. The smallest absolute Gasteiger partial charge is 0.254 e. The van der Waals surface area contributed by atoms with Crippen molar-refractivity contribution in [1.82, 2.24) is 15.2 Å². The van der Waals surface area contributed by atoms with E-state index in [2.05, 4.69) is 20.5 Å². The van der Waals surface area contributed by atoms with Crippen molar-refractivity contribution in [3.8, 4) is 0 Å². The number of pyridine rings is 1. The average molecular weight is 262 g/mol. The maximum absolute atomic E-state index is 11.7. The number of likely N-dealkylation sites (tertiary alicyclic amines) is 1. The summed E-state index contributed by atoms with van der Waals surface area (Å²) in [5.41, 5.74) is 0.601. The number of carbonyl (C=O) groups is 1. The Bertz CT molecular complexity index is 416. The lowest BCUT2D eigenvalue weighted by atomic mass is 10.1. The van der Waals surface area contributed by atoms with Crippen molar-refractivity contribution in [3.05, 3.63) is 23.9 Å². The summed E-state index contributed by atoms with van der Waals surface area (Å²) >= 11 is 0. The van der Waals surface area contributed by atoms with E-state index in [4.69, 9.17) is 0 Å². The molecule has 2 heterocycles. The molecular formula is C14H22N4O. The lowest BCUT2D eigenvalue weighted by molar-refractivity contribution is 0.0963. The summed E-state index contributed by atoms with van der Waals surface area (Å²) in [6.45, 7) is 4.20. The predicted octanol–water partition coefficient (Wildman–Crippen LogP) is 1.34. The largest absolute Gasteiger partial charge is 0.368 e. The molecule has 1 aliphatic heterocycles. The molecule has 1 amide bonds. The Labute approximate surface area is 114 Å². The summed E-state index contributed by atoms with van der Waals surface area (Å²) in [7, 11) is 1.63. The van der Waals surface area contributed by atoms with Crippen LogP contribution in [0.1, 0.15) is 29.6 Å². The van der Waals surface area contributed by atoms with Gasteiger partial charge in [0.1, 0.15) is 5.82 Å². The Morgan fingerprint density at radius 3 is 2.89 bits per heavy atom. The molecule has 0 atom stereocenters. The topological polar surface area (TPSA) is 57.3 Å². The van der Waals surface area contributed by atoms with Crippen LogP contribution in [-0.2, 0) is 0 Å². The summed E-state index contributed by atoms with van der Waals surface area (Å²) < 4.78 is 0. The number of hydrogen-bond acceptors (Lipinski definition) is 4. The monoisotopic (exact) mass is 262 g/mol. The van der Waals surface area contributed by atoms with Crippen molar-refractivity contribution in [3.63, 3.8) is 0 Å². The fraction of sp³-hybridized carbons (Fsp3) is 0.571. The Balaban J connectivity index is 1.86. The van der Waals surface area contributed by atoms with Gasteiger partial charge in [-0.3, -0.25) is 4.79 Å². The van der Waals surface area contributed by atoms with E-state index >= 15 is 0 Å². The van der Waals surface area contributed by atoms with Gasteiger partial charge in [0.2, 0.25) is 0 Å². The number of piperidine rings is 1. The zero-order chi connectivity index (χ0) is 13.5. The van der Waals surface area contributed by atoms with Crippen LogP contribution < -0.4 is 10.6 Å². The van der Waals surface area contributed by atoms with Crippen molar-refractivity contribution >= 4 is 11.7 Å². The highest BCUT2D eigenvalue weighted by atomic mass is 16.1. The Hall–Kier alpha value is -1.62. The molecule has 0 bridgehead atoms. The standard InChI is InChI=1S/C14H22N4O/c1-15-14(19)12-6-5-7-16-13(12)17-8-11-18-9-3-2-4-10-18/h5-7H,2-4,8-11H2,1H3,(H,15,19)(H,16,17). The molecule has 2 N–H and O–H groups in total. The van der Waals surface area contributed by atoms with Crippen LogP contribution in [0.4, 0.5) is 5.82 Å². The molecule has 0 spiro atoms. The van der Waals surface area contributed by atoms with Gasteiger partial charge in [0, 0.05) is 26.3 Å². The zero-order valence-corrected chi connectivity index (χ0v) is 11.5.